The SMILES string of the molecule is CCc1cn([C@@H]2O[C@H](COP(=O)(O)OP(=O)([O-])OP(=O)([O-])[O-])C(O)[C@@H]2O)c(=O)[nH]c1=O. The van der Waals surface area contributed by atoms with Gasteiger partial charge in [-0.2, -0.15) is 0 Å². The summed E-state index contributed by atoms with van der Waals surface area (Å²) in [7, 11) is -17.9. The van der Waals surface area contributed by atoms with Gasteiger partial charge in [0.1, 0.15) is 18.3 Å². The Morgan fingerprint density at radius 1 is 1.16 bits per heavy atom. The molecule has 6 atom stereocenters. The van der Waals surface area contributed by atoms with Crippen LogP contribution in [0.1, 0.15) is 18.7 Å². The van der Waals surface area contributed by atoms with E-state index in [1.165, 1.54) is 0 Å². The maximum absolute atomic E-state index is 12.0. The van der Waals surface area contributed by atoms with Crippen LogP contribution in [0, 0.1) is 0 Å². The van der Waals surface area contributed by atoms with Crippen molar-refractivity contribution in [2.75, 3.05) is 6.61 Å². The third kappa shape index (κ3) is 6.97. The average Bonchev–Trinajstić information content (AvgIpc) is 2.85. The lowest BCUT2D eigenvalue weighted by atomic mass is 10.1. The minimum absolute atomic E-state index is 0.137. The highest BCUT2D eigenvalue weighted by Crippen LogP contribution is 2.62. The molecule has 4 N–H and O–H groups in total. The molecule has 0 radical (unpaired) electrons. The predicted octanol–water partition coefficient (Wildman–Crippen LogP) is -3.83. The van der Waals surface area contributed by atoms with Crippen LogP contribution in [0.2, 0.25) is 0 Å². The molecule has 0 aromatic carbocycles. The maximum Gasteiger partial charge on any atom is 0.478 e. The van der Waals surface area contributed by atoms with Crippen LogP contribution in [0.25, 0.3) is 0 Å². The van der Waals surface area contributed by atoms with Crippen LogP contribution in [0.4, 0.5) is 0 Å². The van der Waals surface area contributed by atoms with E-state index in [0.717, 1.165) is 10.8 Å². The Morgan fingerprint density at radius 3 is 2.32 bits per heavy atom. The van der Waals surface area contributed by atoms with Crippen molar-refractivity contribution in [3.8, 4) is 0 Å². The van der Waals surface area contributed by atoms with Gasteiger partial charge in [-0.1, -0.05) is 6.92 Å². The summed E-state index contributed by atoms with van der Waals surface area (Å²) in [6.45, 7) is 0.500. The number of ether oxygens (including phenoxy) is 1. The van der Waals surface area contributed by atoms with Gasteiger partial charge < -0.3 is 39.1 Å². The number of aromatic nitrogens is 2. The minimum Gasteiger partial charge on any atom is -0.790 e. The van der Waals surface area contributed by atoms with E-state index in [9.17, 15) is 53.1 Å². The molecule has 178 valence electrons. The third-order valence-corrected chi connectivity index (χ3v) is 7.54. The van der Waals surface area contributed by atoms with Crippen molar-refractivity contribution in [1.29, 1.82) is 0 Å². The Morgan fingerprint density at radius 2 is 1.77 bits per heavy atom. The molecular weight excluding hydrogens is 493 g/mol. The summed E-state index contributed by atoms with van der Waals surface area (Å²) in [5.74, 6) is 0. The molecule has 1 fully saturated rings. The van der Waals surface area contributed by atoms with Gasteiger partial charge in [-0.05, 0) is 6.42 Å². The zero-order chi connectivity index (χ0) is 23.8. The van der Waals surface area contributed by atoms with E-state index < -0.39 is 65.9 Å². The Hall–Kier alpha value is -1.03. The number of nitrogens with one attached hydrogen (secondary N) is 1. The lowest BCUT2D eigenvalue weighted by molar-refractivity contribution is -0.339. The first kappa shape index (κ1) is 26.2. The van der Waals surface area contributed by atoms with Gasteiger partial charge in [-0.15, -0.1) is 0 Å². The summed E-state index contributed by atoms with van der Waals surface area (Å²) >= 11 is 0. The lowest BCUT2D eigenvalue weighted by Gasteiger charge is -2.35. The van der Waals surface area contributed by atoms with Gasteiger partial charge in [0, 0.05) is 11.8 Å². The first-order valence-electron chi connectivity index (χ1n) is 8.14. The van der Waals surface area contributed by atoms with Crippen molar-refractivity contribution in [3.05, 3.63) is 32.6 Å². The molecule has 20 heteroatoms. The van der Waals surface area contributed by atoms with E-state index in [2.05, 4.69) is 13.1 Å². The maximum atomic E-state index is 12.0. The second-order valence-corrected chi connectivity index (χ2v) is 10.3. The normalized spacial score (nSPS) is 28.2. The van der Waals surface area contributed by atoms with Gasteiger partial charge >= 0.3 is 13.5 Å². The molecule has 1 aliphatic rings. The number of phosphoric acid groups is 3. The third-order valence-electron chi connectivity index (χ3n) is 3.84. The molecule has 0 spiro atoms. The number of rotatable bonds is 9. The fourth-order valence-electron chi connectivity index (χ4n) is 2.52. The van der Waals surface area contributed by atoms with Crippen molar-refractivity contribution < 1.29 is 61.4 Å². The largest absolute Gasteiger partial charge is 0.790 e. The number of aliphatic hydroxyl groups excluding tert-OH is 2. The van der Waals surface area contributed by atoms with Gasteiger partial charge in [-0.3, -0.25) is 27.7 Å². The second kappa shape index (κ2) is 9.45. The molecular formula is C11H16N2O15P3-3. The molecule has 0 bridgehead atoms. The molecule has 31 heavy (non-hydrogen) atoms. The fraction of sp³-hybridized carbons (Fsp3) is 0.636. The van der Waals surface area contributed by atoms with Gasteiger partial charge in [0.15, 0.2) is 6.23 Å². The number of aromatic amines is 1. The molecule has 3 unspecified atom stereocenters. The van der Waals surface area contributed by atoms with Crippen LogP contribution in [-0.4, -0.2) is 49.6 Å². The first-order chi connectivity index (χ1) is 14.1. The van der Waals surface area contributed by atoms with E-state index in [1.54, 1.807) is 6.92 Å². The van der Waals surface area contributed by atoms with Crippen LogP contribution in [0.3, 0.4) is 0 Å². The molecule has 1 aliphatic heterocycles. The molecule has 17 nitrogen and oxygen atoms in total. The monoisotopic (exact) mass is 509 g/mol. The van der Waals surface area contributed by atoms with Crippen LogP contribution in [-0.2, 0) is 38.0 Å². The quantitative estimate of drug-likeness (QED) is 0.232. The zero-order valence-corrected chi connectivity index (χ0v) is 18.0. The van der Waals surface area contributed by atoms with Crippen molar-refractivity contribution >= 4 is 23.5 Å². The van der Waals surface area contributed by atoms with Crippen LogP contribution >= 0.6 is 23.5 Å². The van der Waals surface area contributed by atoms with E-state index in [0.29, 0.717) is 0 Å². The molecule has 0 aliphatic carbocycles. The highest BCUT2D eigenvalue weighted by molar-refractivity contribution is 7.65. The minimum atomic E-state index is -6.13. The van der Waals surface area contributed by atoms with Crippen LogP contribution < -0.4 is 25.9 Å². The van der Waals surface area contributed by atoms with Crippen LogP contribution in [0.5, 0.6) is 0 Å². The number of nitrogens with zero attached hydrogens (tertiary/aromatic N) is 1. The number of aryl methyl sites for hydroxylation is 1. The molecule has 0 amide bonds. The molecule has 0 saturated carbocycles. The van der Waals surface area contributed by atoms with E-state index in [-0.39, 0.29) is 12.0 Å². The Bertz CT molecular complexity index is 1060. The second-order valence-electron chi connectivity index (χ2n) is 6.04. The van der Waals surface area contributed by atoms with Crippen molar-refractivity contribution in [3.63, 3.8) is 0 Å². The van der Waals surface area contributed by atoms with Gasteiger partial charge in [0.25, 0.3) is 13.4 Å². The van der Waals surface area contributed by atoms with E-state index in [4.69, 9.17) is 4.74 Å². The molecule has 2 heterocycles. The average molecular weight is 509 g/mol. The van der Waals surface area contributed by atoms with Gasteiger partial charge in [0.2, 0.25) is 0 Å². The first-order valence-corrected chi connectivity index (χ1v) is 12.6. The summed E-state index contributed by atoms with van der Waals surface area (Å²) in [5, 5.41) is 20.2. The molecule has 1 aromatic heterocycles. The topological polar surface area (TPSA) is 273 Å². The predicted molar refractivity (Wildman–Crippen MR) is 89.8 cm³/mol. The summed E-state index contributed by atoms with van der Waals surface area (Å²) in [6.07, 6.45) is -5.53. The van der Waals surface area contributed by atoms with Crippen molar-refractivity contribution in [1.82, 2.24) is 9.55 Å². The molecule has 2 rings (SSSR count). The number of phosphoric ester groups is 1. The fourth-order valence-corrected chi connectivity index (χ4v) is 5.42. The standard InChI is InChI=1S/C11H19N2O15P3/c1-2-5-3-13(11(17)12-9(5)16)10-8(15)7(14)6(26-10)4-25-30(21,22)28-31(23,24)27-29(18,19)20/h3,6-8,10,14-15H,2,4H2,1H3,(H,21,22)(H,23,24)(H,12,16,17)(H2,18,19,20)/p-3/t6-,7?,8+,10-/m1/s1. The summed E-state index contributed by atoms with van der Waals surface area (Å²) in [4.78, 5) is 66.7. The zero-order valence-electron chi connectivity index (χ0n) is 15.3. The van der Waals surface area contributed by atoms with Crippen LogP contribution in [0.15, 0.2) is 15.8 Å². The van der Waals surface area contributed by atoms with E-state index >= 15 is 0 Å². The number of aliphatic hydroxyl groups is 2. The lowest BCUT2D eigenvalue weighted by Crippen LogP contribution is -2.38. The number of hydrogen-bond donors (Lipinski definition) is 4. The summed E-state index contributed by atoms with van der Waals surface area (Å²) in [5.41, 5.74) is -1.54. The number of hydrogen-bond acceptors (Lipinski definition) is 14. The smallest absolute Gasteiger partial charge is 0.478 e. The van der Waals surface area contributed by atoms with E-state index in [1.807, 2.05) is 4.98 Å². The highest BCUT2D eigenvalue weighted by Gasteiger charge is 2.45. The Balaban J connectivity index is 2.12. The highest BCUT2D eigenvalue weighted by atomic mass is 31.3. The van der Waals surface area contributed by atoms with Gasteiger partial charge in [-0.25, -0.2) is 13.7 Å². The number of H-pyrrole nitrogens is 1. The summed E-state index contributed by atoms with van der Waals surface area (Å²) < 4.78 is 49.8. The molecule has 1 aromatic rings. The van der Waals surface area contributed by atoms with Crippen molar-refractivity contribution in [2.45, 2.75) is 37.9 Å². The Labute approximate surface area is 172 Å². The summed E-state index contributed by atoms with van der Waals surface area (Å²) in [6, 6.07) is 0. The molecule has 1 saturated heterocycles. The van der Waals surface area contributed by atoms with Gasteiger partial charge in [0.05, 0.1) is 14.4 Å². The van der Waals surface area contributed by atoms with Crippen molar-refractivity contribution in [2.24, 2.45) is 0 Å². The Kier molecular flexibility index (Phi) is 7.99.